The smallest absolute Gasteiger partial charge is 0.307 e. The fourth-order valence-corrected chi connectivity index (χ4v) is 2.31. The van der Waals surface area contributed by atoms with E-state index in [1.54, 1.807) is 0 Å². The number of carbonyl (C=O) groups is 1. The Morgan fingerprint density at radius 1 is 1.28 bits per heavy atom. The van der Waals surface area contributed by atoms with Gasteiger partial charge in [0.15, 0.2) is 0 Å². The maximum Gasteiger partial charge on any atom is 0.307 e. The molecule has 5 nitrogen and oxygen atoms in total. The van der Waals surface area contributed by atoms with E-state index in [1.807, 2.05) is 13.8 Å². The predicted molar refractivity (Wildman–Crippen MR) is 65.6 cm³/mol. The first-order valence-electron chi connectivity index (χ1n) is 6.21. The van der Waals surface area contributed by atoms with E-state index >= 15 is 0 Å². The van der Waals surface area contributed by atoms with Gasteiger partial charge in [0.2, 0.25) is 0 Å². The largest absolute Gasteiger partial charge is 0.481 e. The van der Waals surface area contributed by atoms with Crippen LogP contribution in [0.25, 0.3) is 0 Å². The minimum absolute atomic E-state index is 0.00821. The zero-order valence-corrected chi connectivity index (χ0v) is 10.8. The number of ether oxygens (including phenoxy) is 1. The Morgan fingerprint density at radius 2 is 1.83 bits per heavy atom. The van der Waals surface area contributed by atoms with Crippen molar-refractivity contribution < 1.29 is 14.6 Å². The first-order valence-corrected chi connectivity index (χ1v) is 6.21. The van der Waals surface area contributed by atoms with E-state index in [9.17, 15) is 4.79 Å². The molecule has 0 unspecified atom stereocenters. The number of carboxylic acid groups (broad SMARTS) is 1. The van der Waals surface area contributed by atoms with Crippen LogP contribution >= 0.6 is 0 Å². The highest BCUT2D eigenvalue weighted by Gasteiger charge is 2.20. The molecular weight excluding hydrogens is 232 g/mol. The molecule has 1 N–H and O–H groups in total. The summed E-state index contributed by atoms with van der Waals surface area (Å²) in [5, 5.41) is 8.86. The molecule has 0 saturated carbocycles. The van der Waals surface area contributed by atoms with Crippen molar-refractivity contribution in [1.29, 1.82) is 0 Å². The molecule has 0 spiro atoms. The van der Waals surface area contributed by atoms with Crippen LogP contribution in [0.2, 0.25) is 0 Å². The summed E-state index contributed by atoms with van der Waals surface area (Å²) in [6, 6.07) is 0. The van der Waals surface area contributed by atoms with Crippen LogP contribution in [0, 0.1) is 13.8 Å². The van der Waals surface area contributed by atoms with Crippen LogP contribution < -0.4 is 0 Å². The van der Waals surface area contributed by atoms with E-state index in [0.29, 0.717) is 5.92 Å². The Balaban J connectivity index is 2.26. The van der Waals surface area contributed by atoms with E-state index in [-0.39, 0.29) is 6.42 Å². The molecule has 0 aromatic carbocycles. The van der Waals surface area contributed by atoms with Crippen molar-refractivity contribution in [3.8, 4) is 0 Å². The first-order chi connectivity index (χ1) is 8.58. The third kappa shape index (κ3) is 2.85. The van der Waals surface area contributed by atoms with Gasteiger partial charge < -0.3 is 9.84 Å². The van der Waals surface area contributed by atoms with E-state index in [2.05, 4.69) is 9.97 Å². The zero-order chi connectivity index (χ0) is 13.1. The van der Waals surface area contributed by atoms with E-state index < -0.39 is 5.97 Å². The molecule has 98 valence electrons. The van der Waals surface area contributed by atoms with E-state index in [1.165, 1.54) is 0 Å². The van der Waals surface area contributed by atoms with Gasteiger partial charge in [0.1, 0.15) is 5.82 Å². The van der Waals surface area contributed by atoms with Crippen molar-refractivity contribution in [2.24, 2.45) is 0 Å². The van der Waals surface area contributed by atoms with Crippen molar-refractivity contribution in [2.75, 3.05) is 13.2 Å². The Bertz CT molecular complexity index is 431. The molecule has 2 rings (SSSR count). The molecule has 0 aliphatic carbocycles. The van der Waals surface area contributed by atoms with E-state index in [0.717, 1.165) is 48.8 Å². The van der Waals surface area contributed by atoms with Gasteiger partial charge in [0.25, 0.3) is 0 Å². The number of carboxylic acids is 1. The Kier molecular flexibility index (Phi) is 3.91. The molecule has 0 amide bonds. The number of hydrogen-bond acceptors (Lipinski definition) is 4. The third-order valence-corrected chi connectivity index (χ3v) is 3.35. The fourth-order valence-electron chi connectivity index (χ4n) is 2.31. The number of aliphatic carboxylic acids is 1. The van der Waals surface area contributed by atoms with Crippen molar-refractivity contribution in [3.05, 3.63) is 22.8 Å². The second-order valence-electron chi connectivity index (χ2n) is 4.69. The van der Waals surface area contributed by atoms with Gasteiger partial charge >= 0.3 is 5.97 Å². The van der Waals surface area contributed by atoms with Gasteiger partial charge in [0.05, 0.1) is 6.42 Å². The van der Waals surface area contributed by atoms with Gasteiger partial charge in [-0.05, 0) is 26.7 Å². The SMILES string of the molecule is Cc1nc(C2CCOCC2)nc(C)c1CC(=O)O. The van der Waals surface area contributed by atoms with Crippen molar-refractivity contribution >= 4 is 5.97 Å². The lowest BCUT2D eigenvalue weighted by Gasteiger charge is -2.22. The van der Waals surface area contributed by atoms with Gasteiger partial charge in [-0.2, -0.15) is 0 Å². The van der Waals surface area contributed by atoms with Crippen LogP contribution in [0.15, 0.2) is 0 Å². The summed E-state index contributed by atoms with van der Waals surface area (Å²) >= 11 is 0. The molecular formula is C13H18N2O3. The minimum Gasteiger partial charge on any atom is -0.481 e. The molecule has 5 heteroatoms. The molecule has 1 aliphatic heterocycles. The highest BCUT2D eigenvalue weighted by molar-refractivity contribution is 5.70. The van der Waals surface area contributed by atoms with Crippen LogP contribution in [-0.2, 0) is 16.0 Å². The van der Waals surface area contributed by atoms with Crippen LogP contribution in [0.1, 0.15) is 41.5 Å². The average molecular weight is 250 g/mol. The van der Waals surface area contributed by atoms with Crippen LogP contribution in [-0.4, -0.2) is 34.3 Å². The summed E-state index contributed by atoms with van der Waals surface area (Å²) in [7, 11) is 0. The number of aromatic nitrogens is 2. The summed E-state index contributed by atoms with van der Waals surface area (Å²) < 4.78 is 5.32. The molecule has 0 bridgehead atoms. The average Bonchev–Trinajstić information content (AvgIpc) is 2.34. The van der Waals surface area contributed by atoms with Crippen LogP contribution in [0.3, 0.4) is 0 Å². The standard InChI is InChI=1S/C13H18N2O3/c1-8-11(7-12(16)17)9(2)15-13(14-8)10-3-5-18-6-4-10/h10H,3-7H2,1-2H3,(H,16,17). The van der Waals surface area contributed by atoms with Crippen molar-refractivity contribution in [3.63, 3.8) is 0 Å². The summed E-state index contributed by atoms with van der Waals surface area (Å²) in [5.74, 6) is 0.334. The fraction of sp³-hybridized carbons (Fsp3) is 0.615. The number of aryl methyl sites for hydroxylation is 2. The van der Waals surface area contributed by atoms with Gasteiger partial charge in [-0.3, -0.25) is 4.79 Å². The molecule has 18 heavy (non-hydrogen) atoms. The molecule has 0 radical (unpaired) electrons. The maximum atomic E-state index is 10.8. The summed E-state index contributed by atoms with van der Waals surface area (Å²) in [6.07, 6.45) is 1.88. The van der Waals surface area contributed by atoms with Crippen molar-refractivity contribution in [1.82, 2.24) is 9.97 Å². The second kappa shape index (κ2) is 5.44. The molecule has 1 aliphatic rings. The topological polar surface area (TPSA) is 72.3 Å². The van der Waals surface area contributed by atoms with Gasteiger partial charge in [-0.1, -0.05) is 0 Å². The maximum absolute atomic E-state index is 10.8. The molecule has 0 atom stereocenters. The molecule has 2 heterocycles. The number of hydrogen-bond donors (Lipinski definition) is 1. The quantitative estimate of drug-likeness (QED) is 0.882. The second-order valence-corrected chi connectivity index (χ2v) is 4.69. The summed E-state index contributed by atoms with van der Waals surface area (Å²) in [5.41, 5.74) is 2.30. The highest BCUT2D eigenvalue weighted by Crippen LogP contribution is 2.25. The minimum atomic E-state index is -0.844. The molecule has 1 aromatic heterocycles. The Hall–Kier alpha value is -1.49. The molecule has 1 saturated heterocycles. The van der Waals surface area contributed by atoms with E-state index in [4.69, 9.17) is 9.84 Å². The van der Waals surface area contributed by atoms with Crippen LogP contribution in [0.5, 0.6) is 0 Å². The summed E-state index contributed by atoms with van der Waals surface area (Å²) in [6.45, 7) is 5.22. The Labute approximate surface area is 106 Å². The number of nitrogens with zero attached hydrogens (tertiary/aromatic N) is 2. The molecule has 1 aromatic rings. The normalized spacial score (nSPS) is 16.8. The lowest BCUT2D eigenvalue weighted by atomic mass is 9.98. The van der Waals surface area contributed by atoms with Crippen LogP contribution in [0.4, 0.5) is 0 Å². The monoisotopic (exact) mass is 250 g/mol. The lowest BCUT2D eigenvalue weighted by Crippen LogP contribution is -2.18. The van der Waals surface area contributed by atoms with Gasteiger partial charge in [-0.15, -0.1) is 0 Å². The van der Waals surface area contributed by atoms with Gasteiger partial charge in [-0.25, -0.2) is 9.97 Å². The predicted octanol–water partition coefficient (Wildman–Crippen LogP) is 1.61. The first kappa shape index (κ1) is 13.0. The molecule has 1 fully saturated rings. The Morgan fingerprint density at radius 3 is 2.33 bits per heavy atom. The van der Waals surface area contributed by atoms with Crippen molar-refractivity contribution in [2.45, 2.75) is 39.0 Å². The zero-order valence-electron chi connectivity index (χ0n) is 10.8. The lowest BCUT2D eigenvalue weighted by molar-refractivity contribution is -0.136. The third-order valence-electron chi connectivity index (χ3n) is 3.35. The highest BCUT2D eigenvalue weighted by atomic mass is 16.5. The summed E-state index contributed by atoms with van der Waals surface area (Å²) in [4.78, 5) is 19.7. The number of rotatable bonds is 3. The van der Waals surface area contributed by atoms with Gasteiger partial charge in [0, 0.05) is 36.1 Å².